The van der Waals surface area contributed by atoms with Crippen molar-refractivity contribution in [3.63, 3.8) is 0 Å². The van der Waals surface area contributed by atoms with Gasteiger partial charge < -0.3 is 9.73 Å². The first-order valence-corrected chi connectivity index (χ1v) is 6.42. The summed E-state index contributed by atoms with van der Waals surface area (Å²) in [5.74, 6) is 1.49. The largest absolute Gasteiger partial charge is 0.455 e. The molecule has 2 rings (SSSR count). The van der Waals surface area contributed by atoms with Crippen LogP contribution in [0, 0.1) is 0 Å². The van der Waals surface area contributed by atoms with Gasteiger partial charge in [0, 0.05) is 12.1 Å². The third kappa shape index (κ3) is 3.93. The van der Waals surface area contributed by atoms with Gasteiger partial charge >= 0.3 is 0 Å². The molecule has 1 aromatic carbocycles. The smallest absolute Gasteiger partial charge is 0.186 e. The van der Waals surface area contributed by atoms with Crippen LogP contribution >= 0.6 is 12.2 Å². The van der Waals surface area contributed by atoms with E-state index in [9.17, 15) is 0 Å². The number of rotatable bonds is 4. The molecule has 0 saturated heterocycles. The van der Waals surface area contributed by atoms with Crippen molar-refractivity contribution in [3.05, 3.63) is 48.2 Å². The fourth-order valence-electron chi connectivity index (χ4n) is 1.53. The minimum Gasteiger partial charge on any atom is -0.455 e. The predicted molar refractivity (Wildman–Crippen MR) is 81.1 cm³/mol. The first-order chi connectivity index (χ1) is 9.29. The molecule has 5 heteroatoms. The van der Waals surface area contributed by atoms with Gasteiger partial charge in [-0.3, -0.25) is 5.43 Å². The quantitative estimate of drug-likeness (QED) is 0.511. The second-order valence-electron chi connectivity index (χ2n) is 3.80. The second kappa shape index (κ2) is 6.70. The topological polar surface area (TPSA) is 49.6 Å². The molecule has 1 heterocycles. The molecular formula is C14H15N3OS. The Bertz CT molecular complexity index is 563. The Balaban J connectivity index is 1.98. The van der Waals surface area contributed by atoms with Crippen LogP contribution in [0.3, 0.4) is 0 Å². The fraction of sp³-hybridized carbons (Fsp3) is 0.143. The van der Waals surface area contributed by atoms with Gasteiger partial charge in [-0.05, 0) is 31.3 Å². The number of thiocarbonyl (C=S) groups is 1. The monoisotopic (exact) mass is 273 g/mol. The maximum atomic E-state index is 5.66. The van der Waals surface area contributed by atoms with Gasteiger partial charge in [0.15, 0.2) is 5.11 Å². The summed E-state index contributed by atoms with van der Waals surface area (Å²) in [6.45, 7) is 2.73. The maximum absolute atomic E-state index is 5.66. The third-order valence-electron chi connectivity index (χ3n) is 2.38. The SMILES string of the molecule is CCNC(=S)N/N=C\c1ccc(-c2ccccc2)o1. The zero-order valence-corrected chi connectivity index (χ0v) is 11.4. The first kappa shape index (κ1) is 13.3. The lowest BCUT2D eigenvalue weighted by Gasteiger charge is -2.01. The molecule has 0 amide bonds. The number of nitrogens with one attached hydrogen (secondary N) is 2. The van der Waals surface area contributed by atoms with E-state index in [1.165, 1.54) is 0 Å². The fourth-order valence-corrected chi connectivity index (χ4v) is 1.73. The van der Waals surface area contributed by atoms with Crippen LogP contribution in [0.1, 0.15) is 12.7 Å². The van der Waals surface area contributed by atoms with Crippen LogP contribution in [0.2, 0.25) is 0 Å². The van der Waals surface area contributed by atoms with E-state index < -0.39 is 0 Å². The molecule has 2 N–H and O–H groups in total. The van der Waals surface area contributed by atoms with E-state index >= 15 is 0 Å². The molecule has 0 spiro atoms. The van der Waals surface area contributed by atoms with Crippen LogP contribution in [0.15, 0.2) is 52.0 Å². The van der Waals surface area contributed by atoms with Crippen molar-refractivity contribution < 1.29 is 4.42 Å². The lowest BCUT2D eigenvalue weighted by molar-refractivity contribution is 0.574. The molecule has 0 atom stereocenters. The maximum Gasteiger partial charge on any atom is 0.186 e. The first-order valence-electron chi connectivity index (χ1n) is 6.01. The number of nitrogens with zero attached hydrogens (tertiary/aromatic N) is 1. The highest BCUT2D eigenvalue weighted by atomic mass is 32.1. The van der Waals surface area contributed by atoms with Crippen LogP contribution < -0.4 is 10.7 Å². The molecule has 0 aliphatic heterocycles. The van der Waals surface area contributed by atoms with Gasteiger partial charge in [-0.2, -0.15) is 5.10 Å². The Labute approximate surface area is 117 Å². The number of hydrogen-bond acceptors (Lipinski definition) is 3. The lowest BCUT2D eigenvalue weighted by Crippen LogP contribution is -2.31. The standard InChI is InChI=1S/C14H15N3OS/c1-2-15-14(19)17-16-10-12-8-9-13(18-12)11-6-4-3-5-7-11/h3-10H,2H2,1H3,(H2,15,17,19)/b16-10-. The summed E-state index contributed by atoms with van der Waals surface area (Å²) >= 11 is 4.98. The van der Waals surface area contributed by atoms with Gasteiger partial charge in [-0.15, -0.1) is 0 Å². The van der Waals surface area contributed by atoms with Crippen LogP contribution in [-0.2, 0) is 0 Å². The summed E-state index contributed by atoms with van der Waals surface area (Å²) in [4.78, 5) is 0. The van der Waals surface area contributed by atoms with Crippen molar-refractivity contribution in [1.29, 1.82) is 0 Å². The molecule has 0 bridgehead atoms. The highest BCUT2D eigenvalue weighted by molar-refractivity contribution is 7.80. The Morgan fingerprint density at radius 3 is 2.79 bits per heavy atom. The zero-order chi connectivity index (χ0) is 13.5. The molecule has 1 aromatic heterocycles. The molecule has 4 nitrogen and oxygen atoms in total. The van der Waals surface area contributed by atoms with E-state index in [1.54, 1.807) is 6.21 Å². The number of benzene rings is 1. The van der Waals surface area contributed by atoms with E-state index in [0.29, 0.717) is 10.9 Å². The average molecular weight is 273 g/mol. The molecule has 98 valence electrons. The van der Waals surface area contributed by atoms with Gasteiger partial charge in [0.25, 0.3) is 0 Å². The van der Waals surface area contributed by atoms with E-state index in [2.05, 4.69) is 15.8 Å². The Hall–Kier alpha value is -2.14. The highest BCUT2D eigenvalue weighted by Gasteiger charge is 2.02. The summed E-state index contributed by atoms with van der Waals surface area (Å²) in [7, 11) is 0. The normalized spacial score (nSPS) is 10.6. The predicted octanol–water partition coefficient (Wildman–Crippen LogP) is 2.76. The van der Waals surface area contributed by atoms with Crippen molar-refractivity contribution >= 4 is 23.5 Å². The molecule has 0 saturated carbocycles. The van der Waals surface area contributed by atoms with Crippen LogP contribution in [0.4, 0.5) is 0 Å². The minimum absolute atomic E-state index is 0.494. The lowest BCUT2D eigenvalue weighted by atomic mass is 10.2. The average Bonchev–Trinajstić information content (AvgIpc) is 2.89. The Morgan fingerprint density at radius 2 is 2.05 bits per heavy atom. The van der Waals surface area contributed by atoms with Crippen LogP contribution in [-0.4, -0.2) is 17.9 Å². The Morgan fingerprint density at radius 1 is 1.26 bits per heavy atom. The van der Waals surface area contributed by atoms with Gasteiger partial charge in [-0.25, -0.2) is 0 Å². The van der Waals surface area contributed by atoms with Crippen molar-refractivity contribution in [2.45, 2.75) is 6.92 Å². The number of hydrazone groups is 1. The van der Waals surface area contributed by atoms with Crippen molar-refractivity contribution in [1.82, 2.24) is 10.7 Å². The van der Waals surface area contributed by atoms with E-state index in [-0.39, 0.29) is 0 Å². The van der Waals surface area contributed by atoms with Crippen molar-refractivity contribution in [2.24, 2.45) is 5.10 Å². The van der Waals surface area contributed by atoms with Crippen molar-refractivity contribution in [2.75, 3.05) is 6.54 Å². The molecule has 0 fully saturated rings. The molecule has 2 aromatic rings. The summed E-state index contributed by atoms with van der Waals surface area (Å²) in [5.41, 5.74) is 3.75. The van der Waals surface area contributed by atoms with E-state index in [1.807, 2.05) is 49.4 Å². The second-order valence-corrected chi connectivity index (χ2v) is 4.21. The van der Waals surface area contributed by atoms with E-state index in [0.717, 1.165) is 17.9 Å². The third-order valence-corrected chi connectivity index (χ3v) is 2.62. The molecule has 19 heavy (non-hydrogen) atoms. The summed E-state index contributed by atoms with van der Waals surface area (Å²) in [6, 6.07) is 13.7. The molecule has 0 aliphatic carbocycles. The number of hydrogen-bond donors (Lipinski definition) is 2. The summed E-state index contributed by atoms with van der Waals surface area (Å²) in [6.07, 6.45) is 1.59. The molecule has 0 unspecified atom stereocenters. The van der Waals surface area contributed by atoms with Crippen molar-refractivity contribution in [3.8, 4) is 11.3 Å². The van der Waals surface area contributed by atoms with Crippen LogP contribution in [0.5, 0.6) is 0 Å². The summed E-state index contributed by atoms with van der Waals surface area (Å²) in [5, 5.41) is 7.43. The minimum atomic E-state index is 0.494. The van der Waals surface area contributed by atoms with E-state index in [4.69, 9.17) is 16.6 Å². The van der Waals surface area contributed by atoms with Gasteiger partial charge in [-0.1, -0.05) is 30.3 Å². The zero-order valence-electron chi connectivity index (χ0n) is 10.6. The highest BCUT2D eigenvalue weighted by Crippen LogP contribution is 2.20. The molecule has 0 aliphatic rings. The van der Waals surface area contributed by atoms with Crippen LogP contribution in [0.25, 0.3) is 11.3 Å². The van der Waals surface area contributed by atoms with Gasteiger partial charge in [0.05, 0.1) is 6.21 Å². The summed E-state index contributed by atoms with van der Waals surface area (Å²) < 4.78 is 5.66. The van der Waals surface area contributed by atoms with Gasteiger partial charge in [0.1, 0.15) is 11.5 Å². The molecular weight excluding hydrogens is 258 g/mol. The Kier molecular flexibility index (Phi) is 4.69. The van der Waals surface area contributed by atoms with Gasteiger partial charge in [0.2, 0.25) is 0 Å². The number of furan rings is 1. The molecule has 0 radical (unpaired) electrons.